The number of fused-ring (bicyclic) bond motifs is 2. The minimum atomic E-state index is -1.84. The molecular formula is C50H74N2O13. The predicted molar refractivity (Wildman–Crippen MR) is 239 cm³/mol. The lowest BCUT2D eigenvalue weighted by Gasteiger charge is -2.48. The van der Waals surface area contributed by atoms with E-state index < -0.39 is 102 Å². The van der Waals surface area contributed by atoms with Crippen LogP contribution in [0, 0.1) is 35.0 Å². The van der Waals surface area contributed by atoms with Gasteiger partial charge in [0.25, 0.3) is 0 Å². The molecule has 0 aromatic rings. The monoisotopic (exact) mass is 911 g/mol. The summed E-state index contributed by atoms with van der Waals surface area (Å²) in [7, 11) is 4.96. The van der Waals surface area contributed by atoms with E-state index in [9.17, 15) is 20.3 Å². The summed E-state index contributed by atoms with van der Waals surface area (Å²) in [6.07, 6.45) is 8.90. The van der Waals surface area contributed by atoms with E-state index in [0.29, 0.717) is 36.8 Å². The van der Waals surface area contributed by atoms with Crippen LogP contribution in [0.4, 0.5) is 0 Å². The minimum Gasteiger partial charge on any atom is -0.462 e. The number of carbonyl (C=O) groups excluding carboxylic acids is 1. The van der Waals surface area contributed by atoms with Crippen LogP contribution in [0.1, 0.15) is 93.9 Å². The fourth-order valence-electron chi connectivity index (χ4n) is 11.2. The number of rotatable bonds is 9. The number of ether oxygens (including phenoxy) is 10. The van der Waals surface area contributed by atoms with E-state index >= 15 is 0 Å². The number of nitriles is 1. The normalized spacial score (nSPS) is 46.3. The van der Waals surface area contributed by atoms with Gasteiger partial charge in [0.1, 0.15) is 35.9 Å². The summed E-state index contributed by atoms with van der Waals surface area (Å²) in [4.78, 5) is 14.4. The quantitative estimate of drug-likeness (QED) is 0.195. The van der Waals surface area contributed by atoms with Crippen molar-refractivity contribution in [1.82, 2.24) is 5.32 Å². The number of esters is 1. The van der Waals surface area contributed by atoms with E-state index in [1.807, 2.05) is 39.0 Å². The third-order valence-electron chi connectivity index (χ3n) is 15.3. The van der Waals surface area contributed by atoms with Crippen molar-refractivity contribution >= 4 is 5.97 Å². The van der Waals surface area contributed by atoms with Gasteiger partial charge in [-0.2, -0.15) is 5.26 Å². The van der Waals surface area contributed by atoms with Crippen molar-refractivity contribution in [3.63, 3.8) is 0 Å². The molecular weight excluding hydrogens is 837 g/mol. The Hall–Kier alpha value is -2.82. The topological polar surface area (TPSA) is 186 Å². The summed E-state index contributed by atoms with van der Waals surface area (Å²) >= 11 is 0. The Morgan fingerprint density at radius 2 is 1.74 bits per heavy atom. The highest BCUT2D eigenvalue weighted by molar-refractivity contribution is 5.78. The summed E-state index contributed by atoms with van der Waals surface area (Å²) in [5.74, 6) is -2.61. The van der Waals surface area contributed by atoms with Gasteiger partial charge in [0, 0.05) is 51.7 Å². The smallest absolute Gasteiger partial charge is 0.316 e. The predicted octanol–water partition coefficient (Wildman–Crippen LogP) is 5.50. The fourth-order valence-corrected chi connectivity index (χ4v) is 11.2. The van der Waals surface area contributed by atoms with Gasteiger partial charge >= 0.3 is 5.97 Å². The first-order valence-electron chi connectivity index (χ1n) is 23.7. The van der Waals surface area contributed by atoms with Crippen LogP contribution in [0.25, 0.3) is 0 Å². The average molecular weight is 911 g/mol. The number of carbonyl (C=O) groups is 1. The van der Waals surface area contributed by atoms with Crippen molar-refractivity contribution in [3.8, 4) is 6.07 Å². The molecule has 362 valence electrons. The van der Waals surface area contributed by atoms with Gasteiger partial charge in [-0.1, -0.05) is 70.6 Å². The van der Waals surface area contributed by atoms with Gasteiger partial charge < -0.3 is 57.6 Å². The molecule has 1 spiro atoms. The Morgan fingerprint density at radius 3 is 2.43 bits per heavy atom. The number of allylic oxidation sites excluding steroid dienone is 2. The lowest BCUT2D eigenvalue weighted by molar-refractivity contribution is -0.315. The second kappa shape index (κ2) is 20.4. The zero-order valence-electron chi connectivity index (χ0n) is 40.1. The molecule has 0 saturated carbocycles. The zero-order chi connectivity index (χ0) is 47.0. The van der Waals surface area contributed by atoms with Crippen molar-refractivity contribution < 1.29 is 62.4 Å². The molecule has 4 fully saturated rings. The van der Waals surface area contributed by atoms with Crippen LogP contribution in [0.5, 0.6) is 0 Å². The van der Waals surface area contributed by atoms with Crippen molar-refractivity contribution in [2.45, 2.75) is 191 Å². The van der Waals surface area contributed by atoms with Gasteiger partial charge in [-0.05, 0) is 69.9 Å². The maximum absolute atomic E-state index is 14.4. The maximum Gasteiger partial charge on any atom is 0.316 e. The highest BCUT2D eigenvalue weighted by Crippen LogP contribution is 2.47. The number of likely N-dealkylation sites (N-methyl/N-ethyl adjacent to an activating group) is 1. The van der Waals surface area contributed by atoms with E-state index in [2.05, 4.69) is 51.2 Å². The molecule has 0 aromatic carbocycles. The Balaban J connectivity index is 1.17. The second-order valence-corrected chi connectivity index (χ2v) is 19.6. The Kier molecular flexibility index (Phi) is 15.7. The van der Waals surface area contributed by atoms with Gasteiger partial charge in [-0.3, -0.25) is 10.1 Å². The number of aliphatic hydroxyl groups is 2. The maximum atomic E-state index is 14.4. The Bertz CT molecular complexity index is 1900. The minimum absolute atomic E-state index is 0.0258. The largest absolute Gasteiger partial charge is 0.462 e. The van der Waals surface area contributed by atoms with Crippen molar-refractivity contribution in [1.29, 1.82) is 5.26 Å². The third-order valence-corrected chi connectivity index (χ3v) is 15.3. The van der Waals surface area contributed by atoms with Crippen LogP contribution in [0.15, 0.2) is 59.3 Å². The summed E-state index contributed by atoms with van der Waals surface area (Å²) in [6, 6.07) is 2.36. The SMILES string of the molecule is CCC(C)[C@H]1O[C@]2(C=C[C@@H]1C)C[C@@H]1C[C@@H](CC=C(C)[C@@H](O[C@H]3C[C@H](OC)[C@@H](O[C@H]4C[C@H](OC)[C@@](C#N)(NC)[C@H](C)O4)[C@H](C)O3)[C@@H](C)C=CC=C3COC4[C@H](O)C(C)=C[C@@H](C(=O)O1)[C@]34O)O2. The molecule has 1 aliphatic carbocycles. The summed E-state index contributed by atoms with van der Waals surface area (Å²) in [6.45, 7) is 16.1. The first-order chi connectivity index (χ1) is 31.0. The summed E-state index contributed by atoms with van der Waals surface area (Å²) in [5.41, 5.74) is -0.919. The standard InChI is InChI=1S/C50H74N2O13/c1-12-27(2)44-30(5)18-19-48(65-44)24-36-21-35(64-48)17-16-29(4)43(28(3)14-13-15-34-25-58-46-42(53)31(6)20-37(47(54)61-36)50(34,46)55)62-40-22-38(56-10)45(32(7)59-40)63-41-23-39(57-11)49(26-51,52-9)33(8)60-41/h13-16,18-20,27-28,30,32-33,35-46,52-53,55H,12,17,21-25H2,1-11H3/t27?,28-,30-,32-,33-,35+,36-,37-,38-,39-,40-,41-,42+,43-,44+,45-,46?,48+,49-,50+/m0/s1. The van der Waals surface area contributed by atoms with Crippen LogP contribution in [0.2, 0.25) is 0 Å². The van der Waals surface area contributed by atoms with Crippen molar-refractivity contribution in [3.05, 3.63) is 59.3 Å². The molecule has 0 amide bonds. The third kappa shape index (κ3) is 9.76. The zero-order valence-corrected chi connectivity index (χ0v) is 40.1. The fraction of sp³-hybridized carbons (Fsp3) is 0.760. The van der Waals surface area contributed by atoms with Crippen LogP contribution >= 0.6 is 0 Å². The van der Waals surface area contributed by atoms with E-state index in [1.54, 1.807) is 40.3 Å². The Labute approximate surface area is 385 Å². The highest BCUT2D eigenvalue weighted by Gasteiger charge is 2.60. The lowest BCUT2D eigenvalue weighted by atomic mass is 9.71. The molecule has 65 heavy (non-hydrogen) atoms. The van der Waals surface area contributed by atoms with Gasteiger partial charge in [0.05, 0.1) is 55.4 Å². The number of methoxy groups -OCH3 is 2. The number of hydrogen-bond acceptors (Lipinski definition) is 15. The van der Waals surface area contributed by atoms with E-state index in [-0.39, 0.29) is 36.9 Å². The lowest BCUT2D eigenvalue weighted by Crippen LogP contribution is -2.66. The Morgan fingerprint density at radius 1 is 0.985 bits per heavy atom. The second-order valence-electron chi connectivity index (χ2n) is 19.6. The van der Waals surface area contributed by atoms with Crippen molar-refractivity contribution in [2.24, 2.45) is 23.7 Å². The first kappa shape index (κ1) is 50.1. The van der Waals surface area contributed by atoms with Crippen LogP contribution < -0.4 is 5.32 Å². The van der Waals surface area contributed by atoms with E-state index in [4.69, 9.17) is 47.4 Å². The number of aliphatic hydroxyl groups excluding tert-OH is 1. The van der Waals surface area contributed by atoms with Gasteiger partial charge in [0.15, 0.2) is 23.9 Å². The van der Waals surface area contributed by atoms with Gasteiger partial charge in [-0.25, -0.2) is 0 Å². The molecule has 4 saturated heterocycles. The van der Waals surface area contributed by atoms with Crippen molar-refractivity contribution in [2.75, 3.05) is 27.9 Å². The number of nitrogens with one attached hydrogen (secondary N) is 1. The number of nitrogens with zero attached hydrogens (tertiary/aromatic N) is 1. The molecule has 0 radical (unpaired) electrons. The summed E-state index contributed by atoms with van der Waals surface area (Å²) in [5, 5.41) is 37.0. The van der Waals surface area contributed by atoms with E-state index in [1.165, 1.54) is 0 Å². The molecule has 15 nitrogen and oxygen atoms in total. The summed E-state index contributed by atoms with van der Waals surface area (Å²) < 4.78 is 64.4. The van der Waals surface area contributed by atoms with Gasteiger partial charge in [-0.15, -0.1) is 0 Å². The molecule has 3 N–H and O–H groups in total. The average Bonchev–Trinajstić information content (AvgIpc) is 3.63. The molecule has 15 heteroatoms. The molecule has 7 aliphatic rings. The molecule has 20 atom stereocenters. The van der Waals surface area contributed by atoms with E-state index in [0.717, 1.165) is 12.0 Å². The molecule has 2 bridgehead atoms. The molecule has 6 heterocycles. The van der Waals surface area contributed by atoms with Crippen LogP contribution in [0.3, 0.4) is 0 Å². The highest BCUT2D eigenvalue weighted by atomic mass is 16.7. The molecule has 7 rings (SSSR count). The molecule has 2 unspecified atom stereocenters. The molecule has 6 aliphatic heterocycles. The van der Waals surface area contributed by atoms with Gasteiger partial charge in [0.2, 0.25) is 0 Å². The van der Waals surface area contributed by atoms with Crippen LogP contribution in [-0.2, 0) is 52.2 Å². The molecule has 0 aromatic heterocycles. The van der Waals surface area contributed by atoms with Crippen LogP contribution in [-0.4, -0.2) is 141 Å². The first-order valence-corrected chi connectivity index (χ1v) is 23.7. The number of hydrogen-bond donors (Lipinski definition) is 3.